The first-order valence-electron chi connectivity index (χ1n) is 12.7. The number of halogens is 3. The van der Waals surface area contributed by atoms with Gasteiger partial charge in [-0.2, -0.15) is 18.4 Å². The number of nitriles is 1. The van der Waals surface area contributed by atoms with Gasteiger partial charge in [0.2, 0.25) is 5.91 Å². The van der Waals surface area contributed by atoms with Crippen LogP contribution in [-0.4, -0.2) is 40.8 Å². The van der Waals surface area contributed by atoms with E-state index >= 15 is 0 Å². The van der Waals surface area contributed by atoms with Gasteiger partial charge < -0.3 is 19.9 Å². The third kappa shape index (κ3) is 7.12. The second-order valence-corrected chi connectivity index (χ2v) is 10.6. The number of nitrogens with zero attached hydrogens (tertiary/aromatic N) is 2. The van der Waals surface area contributed by atoms with Crippen LogP contribution >= 0.6 is 11.8 Å². The van der Waals surface area contributed by atoms with Crippen LogP contribution in [0.3, 0.4) is 0 Å². The van der Waals surface area contributed by atoms with E-state index in [0.29, 0.717) is 23.7 Å². The number of amidine groups is 1. The van der Waals surface area contributed by atoms with E-state index in [2.05, 4.69) is 10.6 Å². The predicted molar refractivity (Wildman–Crippen MR) is 154 cm³/mol. The van der Waals surface area contributed by atoms with Gasteiger partial charge in [-0.15, -0.1) is 0 Å². The van der Waals surface area contributed by atoms with Crippen LogP contribution in [0.4, 0.5) is 13.2 Å². The van der Waals surface area contributed by atoms with Gasteiger partial charge in [0.25, 0.3) is 11.5 Å². The molecule has 0 bridgehead atoms. The van der Waals surface area contributed by atoms with Crippen molar-refractivity contribution in [2.45, 2.75) is 25.1 Å². The number of rotatable bonds is 7. The molecule has 2 amide bonds. The summed E-state index contributed by atoms with van der Waals surface area (Å²) in [5.41, 5.74) is -1.01. The molecule has 0 saturated heterocycles. The van der Waals surface area contributed by atoms with Crippen LogP contribution < -0.4 is 20.9 Å². The molecule has 2 aromatic carbocycles. The van der Waals surface area contributed by atoms with E-state index in [-0.39, 0.29) is 39.3 Å². The molecule has 1 heterocycles. The summed E-state index contributed by atoms with van der Waals surface area (Å²) in [5, 5.41) is 30.0. The van der Waals surface area contributed by atoms with Gasteiger partial charge in [-0.1, -0.05) is 12.1 Å². The number of nitrogens with one attached hydrogen (secondary N) is 4. The first-order valence-corrected chi connectivity index (χ1v) is 13.5. The molecule has 1 aliphatic rings. The molecule has 1 fully saturated rings. The van der Waals surface area contributed by atoms with Crippen molar-refractivity contribution in [2.75, 3.05) is 14.2 Å². The average molecular weight is 611 g/mol. The Balaban J connectivity index is 1.60. The van der Waals surface area contributed by atoms with Crippen molar-refractivity contribution in [3.05, 3.63) is 87.3 Å². The summed E-state index contributed by atoms with van der Waals surface area (Å²) in [6, 6.07) is 12.6. The Kier molecular flexibility index (Phi) is 9.05. The van der Waals surface area contributed by atoms with Gasteiger partial charge in [-0.05, 0) is 60.0 Å². The van der Waals surface area contributed by atoms with Crippen LogP contribution in [0, 0.1) is 28.1 Å². The van der Waals surface area contributed by atoms with Crippen LogP contribution in [0.2, 0.25) is 0 Å². The van der Waals surface area contributed by atoms with E-state index in [9.17, 15) is 27.6 Å². The summed E-state index contributed by atoms with van der Waals surface area (Å²) in [6.07, 6.45) is -2.98. The van der Waals surface area contributed by atoms with Crippen LogP contribution in [0.15, 0.2) is 59.5 Å². The Hall–Kier alpha value is -4.90. The fraction of sp³-hybridized carbons (Fsp3) is 0.241. The highest BCUT2D eigenvalue weighted by molar-refractivity contribution is 8.26. The maximum absolute atomic E-state index is 13.6. The monoisotopic (exact) mass is 610 g/mol. The zero-order valence-corrected chi connectivity index (χ0v) is 23.7. The lowest BCUT2D eigenvalue weighted by atomic mass is 9.98. The molecule has 0 spiro atoms. The number of hydrogen-bond acceptors (Lipinski definition) is 8. The highest BCUT2D eigenvalue weighted by Crippen LogP contribution is 2.50. The van der Waals surface area contributed by atoms with E-state index in [1.54, 1.807) is 12.1 Å². The first-order chi connectivity index (χ1) is 20.4. The fourth-order valence-electron chi connectivity index (χ4n) is 4.47. The van der Waals surface area contributed by atoms with Crippen molar-refractivity contribution in [3.8, 4) is 22.9 Å². The van der Waals surface area contributed by atoms with Crippen LogP contribution in [-0.2, 0) is 17.5 Å². The summed E-state index contributed by atoms with van der Waals surface area (Å²) in [4.78, 5) is 38.1. The standard InChI is InChI=1S/C29H25F3N6O4S/c1-36-24(39)14-38-13-22(19-9-17(29(30,31)32)7-8-23(19)42-2)21(11-25(38)40)27(41)37-28(35)43-26(34)20-10-18(20)16-5-3-15(12-33)4-6-16/h3-9,11,13,18,20,34H,10,14H2,1-2H3,(H,36,39)(H2,35,37,41). The number of alkyl halides is 3. The quantitative estimate of drug-likeness (QED) is 0.230. The van der Waals surface area contributed by atoms with Gasteiger partial charge in [0.1, 0.15) is 12.3 Å². The Morgan fingerprint density at radius 2 is 1.84 bits per heavy atom. The molecule has 4 N–H and O–H groups in total. The first kappa shape index (κ1) is 31.0. The highest BCUT2D eigenvalue weighted by atomic mass is 32.2. The van der Waals surface area contributed by atoms with Crippen LogP contribution in [0.25, 0.3) is 11.1 Å². The van der Waals surface area contributed by atoms with Crippen molar-refractivity contribution in [3.63, 3.8) is 0 Å². The van der Waals surface area contributed by atoms with E-state index in [0.717, 1.165) is 40.6 Å². The topological polar surface area (TPSA) is 161 Å². The number of methoxy groups -OCH3 is 1. The zero-order valence-electron chi connectivity index (χ0n) is 22.8. The lowest BCUT2D eigenvalue weighted by Gasteiger charge is -2.17. The minimum atomic E-state index is -4.72. The number of hydrogen-bond donors (Lipinski definition) is 4. The largest absolute Gasteiger partial charge is 0.496 e. The van der Waals surface area contributed by atoms with Gasteiger partial charge in [0, 0.05) is 36.4 Å². The number of carbonyl (C=O) groups is 2. The van der Waals surface area contributed by atoms with Crippen LogP contribution in [0.5, 0.6) is 5.75 Å². The summed E-state index contributed by atoms with van der Waals surface area (Å²) >= 11 is 0.706. The fourth-order valence-corrected chi connectivity index (χ4v) is 5.24. The Morgan fingerprint density at radius 3 is 2.44 bits per heavy atom. The zero-order chi connectivity index (χ0) is 31.5. The minimum absolute atomic E-state index is 0.0269. The number of carbonyl (C=O) groups excluding carboxylic acids is 2. The number of pyridine rings is 1. The van der Waals surface area contributed by atoms with Gasteiger partial charge in [-0.3, -0.25) is 25.2 Å². The van der Waals surface area contributed by atoms with Crippen molar-refractivity contribution < 1.29 is 27.5 Å². The van der Waals surface area contributed by atoms with E-state index in [1.807, 2.05) is 18.2 Å². The van der Waals surface area contributed by atoms with Crippen molar-refractivity contribution in [1.29, 1.82) is 16.1 Å². The lowest BCUT2D eigenvalue weighted by Crippen LogP contribution is -2.33. The molecule has 2 atom stereocenters. The molecule has 14 heteroatoms. The Morgan fingerprint density at radius 1 is 1.14 bits per heavy atom. The van der Waals surface area contributed by atoms with Gasteiger partial charge in [-0.25, -0.2) is 0 Å². The number of benzene rings is 2. The number of aromatic nitrogens is 1. The van der Waals surface area contributed by atoms with Gasteiger partial charge in [0.15, 0.2) is 5.17 Å². The molecule has 10 nitrogen and oxygen atoms in total. The summed E-state index contributed by atoms with van der Waals surface area (Å²) in [6.45, 7) is -0.462. The molecule has 2 unspecified atom stereocenters. The molecular weight excluding hydrogens is 585 g/mol. The third-order valence-corrected chi connectivity index (χ3v) is 7.64. The van der Waals surface area contributed by atoms with Crippen molar-refractivity contribution in [2.24, 2.45) is 5.92 Å². The molecule has 222 valence electrons. The van der Waals surface area contributed by atoms with Crippen molar-refractivity contribution >= 4 is 33.8 Å². The molecule has 0 aliphatic heterocycles. The molecule has 3 aromatic rings. The highest BCUT2D eigenvalue weighted by Gasteiger charge is 2.42. The molecule has 43 heavy (non-hydrogen) atoms. The summed E-state index contributed by atoms with van der Waals surface area (Å²) in [7, 11) is 2.58. The normalized spacial score (nSPS) is 15.6. The Labute approximate surface area is 247 Å². The lowest BCUT2D eigenvalue weighted by molar-refractivity contribution is -0.137. The molecule has 1 aliphatic carbocycles. The molecule has 1 aromatic heterocycles. The van der Waals surface area contributed by atoms with Crippen molar-refractivity contribution in [1.82, 2.24) is 15.2 Å². The third-order valence-electron chi connectivity index (χ3n) is 6.81. The minimum Gasteiger partial charge on any atom is -0.496 e. The molecule has 1 saturated carbocycles. The predicted octanol–water partition coefficient (Wildman–Crippen LogP) is 4.34. The summed E-state index contributed by atoms with van der Waals surface area (Å²) < 4.78 is 46.9. The molecular formula is C29H25F3N6O4S. The summed E-state index contributed by atoms with van der Waals surface area (Å²) in [5.74, 6) is -1.71. The number of thioether (sulfide) groups is 1. The van der Waals surface area contributed by atoms with Gasteiger partial charge in [0.05, 0.1) is 34.9 Å². The van der Waals surface area contributed by atoms with Crippen LogP contribution in [0.1, 0.15) is 39.4 Å². The maximum atomic E-state index is 13.6. The second kappa shape index (κ2) is 12.5. The SMILES string of the molecule is CNC(=O)Cn1cc(-c2cc(C(F)(F)F)ccc2OC)c(C(=O)NC(=N)SC(=N)C2CC2c2ccc(C#N)cc2)cc1=O. The van der Waals surface area contributed by atoms with E-state index < -0.39 is 40.8 Å². The molecule has 4 rings (SSSR count). The van der Waals surface area contributed by atoms with E-state index in [1.165, 1.54) is 14.2 Å². The Bertz CT molecular complexity index is 1710. The molecule has 0 radical (unpaired) electrons. The maximum Gasteiger partial charge on any atom is 0.416 e. The van der Waals surface area contributed by atoms with Gasteiger partial charge >= 0.3 is 6.18 Å². The average Bonchev–Trinajstić information content (AvgIpc) is 3.78. The number of amides is 2. The smallest absolute Gasteiger partial charge is 0.416 e. The number of likely N-dealkylation sites (N-methyl/N-ethyl adjacent to an activating group) is 1. The van der Waals surface area contributed by atoms with E-state index in [4.69, 9.17) is 20.8 Å². The number of ether oxygens (including phenoxy) is 1. The second-order valence-electron chi connectivity index (χ2n) is 9.58.